The Balaban J connectivity index is 1.26. The Morgan fingerprint density at radius 1 is 1.00 bits per heavy atom. The first-order valence-corrected chi connectivity index (χ1v) is 13.2. The van der Waals surface area contributed by atoms with E-state index in [0.29, 0.717) is 46.1 Å². The normalized spacial score (nSPS) is 15.2. The van der Waals surface area contributed by atoms with Gasteiger partial charge in [-0.2, -0.15) is 5.10 Å². The molecule has 0 radical (unpaired) electrons. The molecule has 0 spiro atoms. The predicted octanol–water partition coefficient (Wildman–Crippen LogP) is 3.58. The monoisotopic (exact) mass is 549 g/mol. The highest BCUT2D eigenvalue weighted by Gasteiger charge is 2.34. The molecule has 11 heteroatoms. The summed E-state index contributed by atoms with van der Waals surface area (Å²) in [6.45, 7) is 2.70. The highest BCUT2D eigenvalue weighted by molar-refractivity contribution is 6.45. The van der Waals surface area contributed by atoms with Crippen molar-refractivity contribution in [3.8, 4) is 28.7 Å². The lowest BCUT2D eigenvalue weighted by Gasteiger charge is -2.39. The standard InChI is InChI=1S/C30H27N7O4/c1-18-17-36(13-14-37(18)29(39)20-11-7-4-8-12-20)30(40)26(38)21-15-31-24-23(21)22(41-2)16-32-25(24)28-33-27(34-35-28)19-9-5-3-6-10-19/h3-12,15-16,18,31H,13-14,17H2,1-2H3,(H,33,34,35)/t18-/m1/s1. The summed E-state index contributed by atoms with van der Waals surface area (Å²) in [6, 6.07) is 18.3. The maximum absolute atomic E-state index is 13.6. The van der Waals surface area contributed by atoms with Crippen molar-refractivity contribution in [2.24, 2.45) is 0 Å². The fourth-order valence-electron chi connectivity index (χ4n) is 5.16. The Kier molecular flexibility index (Phi) is 6.76. The minimum Gasteiger partial charge on any atom is -0.494 e. The number of ether oxygens (including phenoxy) is 1. The van der Waals surface area contributed by atoms with Gasteiger partial charge in [-0.1, -0.05) is 48.5 Å². The molecule has 2 aromatic carbocycles. The van der Waals surface area contributed by atoms with E-state index in [1.54, 1.807) is 17.0 Å². The molecule has 4 heterocycles. The van der Waals surface area contributed by atoms with Crippen LogP contribution in [0.25, 0.3) is 33.8 Å². The SMILES string of the molecule is COc1cnc(-c2nc(-c3ccccc3)n[nH]2)c2[nH]cc(C(=O)C(=O)N3CCN(C(=O)c4ccccc4)[C@H](C)C3)c12. The fraction of sp³-hybridized carbons (Fsp3) is 0.200. The number of ketones is 1. The summed E-state index contributed by atoms with van der Waals surface area (Å²) in [6.07, 6.45) is 2.99. The molecule has 0 unspecified atom stereocenters. The topological polar surface area (TPSA) is 137 Å². The van der Waals surface area contributed by atoms with Crippen LogP contribution in [-0.2, 0) is 4.79 Å². The van der Waals surface area contributed by atoms with Crippen molar-refractivity contribution in [3.63, 3.8) is 0 Å². The van der Waals surface area contributed by atoms with Crippen molar-refractivity contribution in [3.05, 3.63) is 84.2 Å². The zero-order valence-electron chi connectivity index (χ0n) is 22.5. The first kappa shape index (κ1) is 25.9. The molecule has 0 saturated carbocycles. The molecule has 2 amide bonds. The molecule has 0 bridgehead atoms. The Hall–Kier alpha value is -5.32. The molecule has 1 aliphatic rings. The van der Waals surface area contributed by atoms with Crippen molar-refractivity contribution in [1.29, 1.82) is 0 Å². The number of carbonyl (C=O) groups excluding carboxylic acids is 3. The van der Waals surface area contributed by atoms with Gasteiger partial charge in [-0.3, -0.25) is 19.5 Å². The van der Waals surface area contributed by atoms with Gasteiger partial charge in [0.2, 0.25) is 0 Å². The molecule has 6 rings (SSSR count). The van der Waals surface area contributed by atoms with Crippen LogP contribution >= 0.6 is 0 Å². The summed E-state index contributed by atoms with van der Waals surface area (Å²) in [4.78, 5) is 55.4. The van der Waals surface area contributed by atoms with E-state index in [4.69, 9.17) is 4.74 Å². The van der Waals surface area contributed by atoms with Crippen LogP contribution in [0, 0.1) is 0 Å². The maximum atomic E-state index is 13.6. The Morgan fingerprint density at radius 2 is 1.73 bits per heavy atom. The number of H-pyrrole nitrogens is 2. The van der Waals surface area contributed by atoms with Gasteiger partial charge in [0.1, 0.15) is 11.4 Å². The number of aromatic amines is 2. The number of rotatable bonds is 6. The summed E-state index contributed by atoms with van der Waals surface area (Å²) in [5, 5.41) is 7.66. The van der Waals surface area contributed by atoms with Gasteiger partial charge in [0.25, 0.3) is 17.6 Å². The van der Waals surface area contributed by atoms with Crippen molar-refractivity contribution >= 4 is 28.5 Å². The minimum absolute atomic E-state index is 0.0965. The van der Waals surface area contributed by atoms with Crippen LogP contribution in [0.1, 0.15) is 27.6 Å². The van der Waals surface area contributed by atoms with Crippen LogP contribution < -0.4 is 4.74 Å². The molecular weight excluding hydrogens is 522 g/mol. The average molecular weight is 550 g/mol. The van der Waals surface area contributed by atoms with Crippen molar-refractivity contribution in [1.82, 2.24) is 34.9 Å². The van der Waals surface area contributed by atoms with Gasteiger partial charge in [0, 0.05) is 43.0 Å². The van der Waals surface area contributed by atoms with Crippen LogP contribution in [0.2, 0.25) is 0 Å². The molecule has 41 heavy (non-hydrogen) atoms. The zero-order chi connectivity index (χ0) is 28.5. The number of methoxy groups -OCH3 is 1. The lowest BCUT2D eigenvalue weighted by atomic mass is 10.1. The number of benzene rings is 2. The third-order valence-electron chi connectivity index (χ3n) is 7.27. The third-order valence-corrected chi connectivity index (χ3v) is 7.27. The summed E-state index contributed by atoms with van der Waals surface area (Å²) in [7, 11) is 1.48. The lowest BCUT2D eigenvalue weighted by Crippen LogP contribution is -2.56. The third kappa shape index (κ3) is 4.71. The van der Waals surface area contributed by atoms with Gasteiger partial charge in [-0.15, -0.1) is 0 Å². The number of pyridine rings is 1. The summed E-state index contributed by atoms with van der Waals surface area (Å²) >= 11 is 0. The molecule has 3 aromatic heterocycles. The smallest absolute Gasteiger partial charge is 0.295 e. The number of fused-ring (bicyclic) bond motifs is 1. The summed E-state index contributed by atoms with van der Waals surface area (Å²) in [5.74, 6) is -0.170. The predicted molar refractivity (Wildman–Crippen MR) is 151 cm³/mol. The molecule has 11 nitrogen and oxygen atoms in total. The molecular formula is C30H27N7O4. The molecule has 206 valence electrons. The Labute approximate surface area is 235 Å². The number of amides is 2. The molecule has 1 fully saturated rings. The zero-order valence-corrected chi connectivity index (χ0v) is 22.5. The highest BCUT2D eigenvalue weighted by Crippen LogP contribution is 2.34. The number of nitrogens with one attached hydrogen (secondary N) is 2. The number of piperazine rings is 1. The van der Waals surface area contributed by atoms with E-state index in [1.807, 2.05) is 55.5 Å². The molecule has 5 aromatic rings. The lowest BCUT2D eigenvalue weighted by molar-refractivity contribution is -0.128. The quantitative estimate of drug-likeness (QED) is 0.244. The van der Waals surface area contributed by atoms with Crippen molar-refractivity contribution < 1.29 is 19.1 Å². The molecule has 2 N–H and O–H groups in total. The largest absolute Gasteiger partial charge is 0.494 e. The van der Waals surface area contributed by atoms with Gasteiger partial charge in [-0.05, 0) is 19.1 Å². The van der Waals surface area contributed by atoms with Gasteiger partial charge in [-0.25, -0.2) is 9.97 Å². The first-order valence-electron chi connectivity index (χ1n) is 13.2. The second kappa shape index (κ2) is 10.7. The Bertz CT molecular complexity index is 1750. The van der Waals surface area contributed by atoms with Crippen LogP contribution in [0.15, 0.2) is 73.1 Å². The van der Waals surface area contributed by atoms with Gasteiger partial charge < -0.3 is 19.5 Å². The fourth-order valence-corrected chi connectivity index (χ4v) is 5.16. The van der Waals surface area contributed by atoms with Crippen molar-refractivity contribution in [2.45, 2.75) is 13.0 Å². The van der Waals surface area contributed by atoms with Gasteiger partial charge >= 0.3 is 0 Å². The number of hydrogen-bond acceptors (Lipinski definition) is 7. The van der Waals surface area contributed by atoms with Crippen LogP contribution in [0.5, 0.6) is 5.75 Å². The number of Topliss-reactive ketones (excluding diaryl/α,β-unsaturated/α-hetero) is 1. The molecule has 0 aliphatic carbocycles. The minimum atomic E-state index is -0.677. The molecule has 1 atom stereocenters. The second-order valence-corrected chi connectivity index (χ2v) is 9.80. The number of nitrogens with zero attached hydrogens (tertiary/aromatic N) is 5. The molecule has 1 aliphatic heterocycles. The number of aromatic nitrogens is 5. The average Bonchev–Trinajstić information content (AvgIpc) is 3.69. The van der Waals surface area contributed by atoms with E-state index in [-0.39, 0.29) is 30.6 Å². The maximum Gasteiger partial charge on any atom is 0.295 e. The summed E-state index contributed by atoms with van der Waals surface area (Å²) < 4.78 is 5.52. The van der Waals surface area contributed by atoms with Crippen molar-refractivity contribution in [2.75, 3.05) is 26.7 Å². The Morgan fingerprint density at radius 3 is 2.44 bits per heavy atom. The second-order valence-electron chi connectivity index (χ2n) is 9.80. The van der Waals surface area contributed by atoms with E-state index in [1.165, 1.54) is 24.4 Å². The van der Waals surface area contributed by atoms with E-state index >= 15 is 0 Å². The van der Waals surface area contributed by atoms with Gasteiger partial charge in [0.05, 0.1) is 29.8 Å². The first-order chi connectivity index (χ1) is 20.0. The van der Waals surface area contributed by atoms with Gasteiger partial charge in [0.15, 0.2) is 11.6 Å². The summed E-state index contributed by atoms with van der Waals surface area (Å²) in [5.41, 5.74) is 2.52. The van der Waals surface area contributed by atoms with E-state index < -0.39 is 11.7 Å². The number of hydrogen-bond donors (Lipinski definition) is 2. The van der Waals surface area contributed by atoms with E-state index in [9.17, 15) is 14.4 Å². The number of carbonyl (C=O) groups is 3. The highest BCUT2D eigenvalue weighted by atomic mass is 16.5. The van der Waals surface area contributed by atoms with Crippen LogP contribution in [0.3, 0.4) is 0 Å². The van der Waals surface area contributed by atoms with E-state index in [2.05, 4.69) is 25.1 Å². The van der Waals surface area contributed by atoms with E-state index in [0.717, 1.165) is 5.56 Å². The van der Waals surface area contributed by atoms with Crippen LogP contribution in [-0.4, -0.2) is 85.3 Å². The van der Waals surface area contributed by atoms with Crippen LogP contribution in [0.4, 0.5) is 0 Å². The molecule has 1 saturated heterocycles.